The summed E-state index contributed by atoms with van der Waals surface area (Å²) in [5.41, 5.74) is 2.93. The first-order valence-corrected chi connectivity index (χ1v) is 5.44. The van der Waals surface area contributed by atoms with Crippen LogP contribution in [0.3, 0.4) is 0 Å². The molecule has 0 amide bonds. The summed E-state index contributed by atoms with van der Waals surface area (Å²) >= 11 is 0. The van der Waals surface area contributed by atoms with Gasteiger partial charge in [-0.3, -0.25) is 4.98 Å². The van der Waals surface area contributed by atoms with Crippen molar-refractivity contribution in [1.82, 2.24) is 4.98 Å². The molecule has 0 saturated carbocycles. The minimum Gasteiger partial charge on any atom is -0.256 e. The van der Waals surface area contributed by atoms with Crippen molar-refractivity contribution in [2.24, 2.45) is 0 Å². The molecule has 0 fully saturated rings. The predicted molar refractivity (Wildman–Crippen MR) is 65.7 cm³/mol. The van der Waals surface area contributed by atoms with E-state index in [-0.39, 0.29) is 5.82 Å². The molecule has 0 aliphatic carbocycles. The predicted octanol–water partition coefficient (Wildman–Crippen LogP) is 4.22. The van der Waals surface area contributed by atoms with Crippen LogP contribution in [0.25, 0.3) is 11.3 Å². The third-order valence-corrected chi connectivity index (χ3v) is 2.05. The molecule has 0 aliphatic rings. The van der Waals surface area contributed by atoms with Crippen LogP contribution < -0.4 is 0 Å². The maximum absolute atomic E-state index is 12.6. The molecule has 1 aromatic carbocycles. The summed E-state index contributed by atoms with van der Waals surface area (Å²) in [6.07, 6.45) is 1.80. The van der Waals surface area contributed by atoms with Gasteiger partial charge in [0.2, 0.25) is 0 Å². The van der Waals surface area contributed by atoms with E-state index in [0.29, 0.717) is 0 Å². The van der Waals surface area contributed by atoms with Gasteiger partial charge in [-0.15, -0.1) is 0 Å². The Morgan fingerprint density at radius 3 is 2.06 bits per heavy atom. The van der Waals surface area contributed by atoms with E-state index in [1.807, 2.05) is 32.9 Å². The van der Waals surface area contributed by atoms with Gasteiger partial charge in [0.25, 0.3) is 0 Å². The largest absolute Gasteiger partial charge is 0.256 e. The van der Waals surface area contributed by atoms with Crippen molar-refractivity contribution in [3.63, 3.8) is 0 Å². The number of nitrogens with zero attached hydrogens (tertiary/aromatic N) is 1. The Bertz CT molecular complexity index is 374. The van der Waals surface area contributed by atoms with Gasteiger partial charge in [-0.1, -0.05) is 19.9 Å². The zero-order valence-corrected chi connectivity index (χ0v) is 9.87. The fraction of sp³-hybridized carbons (Fsp3) is 0.214. The Hall–Kier alpha value is -1.70. The first-order chi connectivity index (χ1) is 7.75. The van der Waals surface area contributed by atoms with Crippen LogP contribution in [0.2, 0.25) is 0 Å². The van der Waals surface area contributed by atoms with Crippen LogP contribution in [0.5, 0.6) is 0 Å². The minimum atomic E-state index is -0.221. The molecular formula is C14H16FN. The number of halogens is 1. The molecule has 1 aromatic heterocycles. The van der Waals surface area contributed by atoms with Crippen molar-refractivity contribution in [2.75, 3.05) is 0 Å². The summed E-state index contributed by atoms with van der Waals surface area (Å²) < 4.78 is 12.6. The Morgan fingerprint density at radius 2 is 1.56 bits per heavy atom. The lowest BCUT2D eigenvalue weighted by molar-refractivity contribution is 0.628. The summed E-state index contributed by atoms with van der Waals surface area (Å²) in [5, 5.41) is 0. The highest BCUT2D eigenvalue weighted by atomic mass is 19.1. The maximum Gasteiger partial charge on any atom is 0.123 e. The molecule has 2 heteroatoms. The number of hydrogen-bond acceptors (Lipinski definition) is 1. The number of aromatic nitrogens is 1. The van der Waals surface area contributed by atoms with Crippen LogP contribution in [-0.2, 0) is 0 Å². The second-order valence-corrected chi connectivity index (χ2v) is 3.23. The third-order valence-electron chi connectivity index (χ3n) is 2.05. The van der Waals surface area contributed by atoms with Crippen molar-refractivity contribution in [3.05, 3.63) is 54.0 Å². The highest BCUT2D eigenvalue weighted by molar-refractivity contribution is 5.58. The van der Waals surface area contributed by atoms with E-state index in [4.69, 9.17) is 0 Å². The number of rotatable bonds is 1. The van der Waals surface area contributed by atoms with Gasteiger partial charge in [-0.25, -0.2) is 4.39 Å². The van der Waals surface area contributed by atoms with Gasteiger partial charge >= 0.3 is 0 Å². The Kier molecular flexibility index (Phi) is 4.65. The molecule has 0 spiro atoms. The smallest absolute Gasteiger partial charge is 0.123 e. The fourth-order valence-electron chi connectivity index (χ4n) is 1.26. The van der Waals surface area contributed by atoms with Crippen LogP contribution in [0, 0.1) is 12.7 Å². The first kappa shape index (κ1) is 12.4. The van der Waals surface area contributed by atoms with Gasteiger partial charge in [0.1, 0.15) is 5.82 Å². The minimum absolute atomic E-state index is 0.221. The average Bonchev–Trinajstić information content (AvgIpc) is 2.34. The molecular weight excluding hydrogens is 201 g/mol. The molecule has 0 bridgehead atoms. The van der Waals surface area contributed by atoms with E-state index in [9.17, 15) is 4.39 Å². The molecule has 0 aliphatic heterocycles. The lowest BCUT2D eigenvalue weighted by atomic mass is 10.1. The fourth-order valence-corrected chi connectivity index (χ4v) is 1.26. The van der Waals surface area contributed by atoms with Crippen LogP contribution in [0.4, 0.5) is 4.39 Å². The monoisotopic (exact) mass is 217 g/mol. The lowest BCUT2D eigenvalue weighted by Gasteiger charge is -2.00. The van der Waals surface area contributed by atoms with E-state index in [0.717, 1.165) is 16.8 Å². The van der Waals surface area contributed by atoms with Crippen molar-refractivity contribution >= 4 is 0 Å². The van der Waals surface area contributed by atoms with Crippen LogP contribution in [0.15, 0.2) is 42.6 Å². The van der Waals surface area contributed by atoms with Gasteiger partial charge in [0.15, 0.2) is 0 Å². The number of benzene rings is 1. The zero-order chi connectivity index (χ0) is 12.0. The number of hydrogen-bond donors (Lipinski definition) is 0. The van der Waals surface area contributed by atoms with Gasteiger partial charge < -0.3 is 0 Å². The van der Waals surface area contributed by atoms with Crippen LogP contribution in [-0.4, -0.2) is 4.98 Å². The summed E-state index contributed by atoms with van der Waals surface area (Å²) in [7, 11) is 0. The van der Waals surface area contributed by atoms with Crippen molar-refractivity contribution in [2.45, 2.75) is 20.8 Å². The first-order valence-electron chi connectivity index (χ1n) is 5.44. The SMILES string of the molecule is CC.Cc1ccc(-c2ccc(F)cc2)nc1. The molecule has 0 unspecified atom stereocenters. The van der Waals surface area contributed by atoms with E-state index in [1.165, 1.54) is 12.1 Å². The maximum atomic E-state index is 12.6. The van der Waals surface area contributed by atoms with Gasteiger partial charge in [-0.2, -0.15) is 0 Å². The summed E-state index contributed by atoms with van der Waals surface area (Å²) in [5.74, 6) is -0.221. The highest BCUT2D eigenvalue weighted by Crippen LogP contribution is 2.16. The average molecular weight is 217 g/mol. The normalized spacial score (nSPS) is 9.25. The molecule has 0 atom stereocenters. The molecule has 16 heavy (non-hydrogen) atoms. The van der Waals surface area contributed by atoms with Gasteiger partial charge in [0.05, 0.1) is 5.69 Å². The molecule has 84 valence electrons. The molecule has 0 saturated heterocycles. The summed E-state index contributed by atoms with van der Waals surface area (Å²) in [6.45, 7) is 5.99. The molecule has 1 heterocycles. The van der Waals surface area contributed by atoms with Crippen molar-refractivity contribution in [1.29, 1.82) is 0 Å². The zero-order valence-electron chi connectivity index (χ0n) is 9.87. The number of pyridine rings is 1. The quantitative estimate of drug-likeness (QED) is 0.696. The van der Waals surface area contributed by atoms with Gasteiger partial charge in [-0.05, 0) is 42.8 Å². The van der Waals surface area contributed by atoms with E-state index in [1.54, 1.807) is 18.3 Å². The number of aryl methyl sites for hydroxylation is 1. The standard InChI is InChI=1S/C12H10FN.C2H6/c1-9-2-7-12(14-8-9)10-3-5-11(13)6-4-10;1-2/h2-8H,1H3;1-2H3. The van der Waals surface area contributed by atoms with E-state index >= 15 is 0 Å². The van der Waals surface area contributed by atoms with Crippen LogP contribution >= 0.6 is 0 Å². The molecule has 2 rings (SSSR count). The van der Waals surface area contributed by atoms with E-state index < -0.39 is 0 Å². The van der Waals surface area contributed by atoms with Crippen molar-refractivity contribution < 1.29 is 4.39 Å². The lowest BCUT2D eigenvalue weighted by Crippen LogP contribution is -1.84. The van der Waals surface area contributed by atoms with Crippen LogP contribution in [0.1, 0.15) is 19.4 Å². The molecule has 0 radical (unpaired) electrons. The topological polar surface area (TPSA) is 12.9 Å². The Morgan fingerprint density at radius 1 is 0.938 bits per heavy atom. The molecule has 1 nitrogen and oxygen atoms in total. The third kappa shape index (κ3) is 3.16. The van der Waals surface area contributed by atoms with Crippen molar-refractivity contribution in [3.8, 4) is 11.3 Å². The second kappa shape index (κ2) is 6.01. The summed E-state index contributed by atoms with van der Waals surface area (Å²) in [6, 6.07) is 10.3. The Labute approximate surface area is 96.0 Å². The van der Waals surface area contributed by atoms with E-state index in [2.05, 4.69) is 4.98 Å². The molecule has 0 N–H and O–H groups in total. The molecule has 2 aromatic rings. The highest BCUT2D eigenvalue weighted by Gasteiger charge is 1.98. The Balaban J connectivity index is 0.000000606. The van der Waals surface area contributed by atoms with Gasteiger partial charge in [0, 0.05) is 11.8 Å². The second-order valence-electron chi connectivity index (χ2n) is 3.23. The summed E-state index contributed by atoms with van der Waals surface area (Å²) in [4.78, 5) is 4.26.